The minimum Gasteiger partial charge on any atom is -0.326 e. The van der Waals surface area contributed by atoms with Crippen molar-refractivity contribution in [2.24, 2.45) is 5.73 Å². The van der Waals surface area contributed by atoms with E-state index in [9.17, 15) is 0 Å². The van der Waals surface area contributed by atoms with Gasteiger partial charge in [-0.05, 0) is 12.1 Å². The van der Waals surface area contributed by atoms with Crippen molar-refractivity contribution in [3.8, 4) is 22.4 Å². The molecule has 0 aliphatic carbocycles. The third-order valence-electron chi connectivity index (χ3n) is 2.30. The molecule has 1 heterocycles. The fourth-order valence-electron chi connectivity index (χ4n) is 1.42. The van der Waals surface area contributed by atoms with Crippen molar-refractivity contribution in [1.82, 2.24) is 4.98 Å². The lowest BCUT2D eigenvalue weighted by Crippen LogP contribution is -1.91. The molecule has 1 aromatic carbocycles. The third-order valence-corrected chi connectivity index (χ3v) is 3.36. The van der Waals surface area contributed by atoms with Crippen LogP contribution in [0.4, 0.5) is 0 Å². The number of thiazole rings is 1. The zero-order valence-corrected chi connectivity index (χ0v) is 10.6. The molecule has 0 spiro atoms. The molecule has 3 heteroatoms. The van der Waals surface area contributed by atoms with Gasteiger partial charge in [-0.1, -0.05) is 30.9 Å². The molecule has 0 fully saturated rings. The molecular formula is C14H14N2S. The SMILES string of the molecule is CCC#Cc1ccc(-c2ncc(CN)s2)cc1. The van der Waals surface area contributed by atoms with Gasteiger partial charge in [0, 0.05) is 35.2 Å². The van der Waals surface area contributed by atoms with Crippen LogP contribution in [0.3, 0.4) is 0 Å². The van der Waals surface area contributed by atoms with Gasteiger partial charge in [-0.15, -0.1) is 11.3 Å². The van der Waals surface area contributed by atoms with Crippen molar-refractivity contribution in [2.75, 3.05) is 0 Å². The highest BCUT2D eigenvalue weighted by atomic mass is 32.1. The largest absolute Gasteiger partial charge is 0.326 e. The van der Waals surface area contributed by atoms with Crippen LogP contribution in [0.25, 0.3) is 10.6 Å². The first-order valence-corrected chi connectivity index (χ1v) is 6.39. The molecule has 2 nitrogen and oxygen atoms in total. The predicted molar refractivity (Wildman–Crippen MR) is 72.6 cm³/mol. The minimum atomic E-state index is 0.553. The second kappa shape index (κ2) is 5.62. The third kappa shape index (κ3) is 2.94. The zero-order chi connectivity index (χ0) is 12.1. The van der Waals surface area contributed by atoms with Crippen LogP contribution < -0.4 is 5.73 Å². The van der Waals surface area contributed by atoms with Crippen molar-refractivity contribution < 1.29 is 0 Å². The molecule has 0 aliphatic rings. The van der Waals surface area contributed by atoms with Gasteiger partial charge in [0.05, 0.1) is 0 Å². The summed E-state index contributed by atoms with van der Waals surface area (Å²) >= 11 is 1.64. The maximum absolute atomic E-state index is 5.57. The van der Waals surface area contributed by atoms with Gasteiger partial charge in [0.25, 0.3) is 0 Å². The van der Waals surface area contributed by atoms with Crippen molar-refractivity contribution >= 4 is 11.3 Å². The average Bonchev–Trinajstić information content (AvgIpc) is 2.86. The van der Waals surface area contributed by atoms with E-state index in [4.69, 9.17) is 5.73 Å². The number of hydrogen-bond acceptors (Lipinski definition) is 3. The first-order chi connectivity index (χ1) is 8.33. The van der Waals surface area contributed by atoms with E-state index >= 15 is 0 Å². The van der Waals surface area contributed by atoms with Gasteiger partial charge in [-0.25, -0.2) is 4.98 Å². The van der Waals surface area contributed by atoms with Crippen LogP contribution in [0.1, 0.15) is 23.8 Å². The molecule has 17 heavy (non-hydrogen) atoms. The predicted octanol–water partition coefficient (Wildman–Crippen LogP) is 3.03. The Morgan fingerprint density at radius 1 is 1.29 bits per heavy atom. The number of benzene rings is 1. The molecule has 1 aromatic heterocycles. The molecule has 86 valence electrons. The molecule has 0 amide bonds. The van der Waals surface area contributed by atoms with Crippen LogP contribution in [-0.4, -0.2) is 4.98 Å². The van der Waals surface area contributed by atoms with Crippen molar-refractivity contribution in [1.29, 1.82) is 0 Å². The van der Waals surface area contributed by atoms with Crippen LogP contribution >= 0.6 is 11.3 Å². The van der Waals surface area contributed by atoms with E-state index in [2.05, 4.69) is 29.0 Å². The Morgan fingerprint density at radius 2 is 2.06 bits per heavy atom. The van der Waals surface area contributed by atoms with E-state index in [-0.39, 0.29) is 0 Å². The number of nitrogens with zero attached hydrogens (tertiary/aromatic N) is 1. The van der Waals surface area contributed by atoms with Crippen molar-refractivity contribution in [2.45, 2.75) is 19.9 Å². The number of rotatable bonds is 2. The lowest BCUT2D eigenvalue weighted by molar-refractivity contribution is 1.10. The van der Waals surface area contributed by atoms with Crippen LogP contribution in [0.15, 0.2) is 30.5 Å². The summed E-state index contributed by atoms with van der Waals surface area (Å²) in [5, 5.41) is 1.01. The average molecular weight is 242 g/mol. The van der Waals surface area contributed by atoms with Crippen LogP contribution in [0.2, 0.25) is 0 Å². The Hall–Kier alpha value is -1.63. The standard InChI is InChI=1S/C14H14N2S/c1-2-3-4-11-5-7-12(8-6-11)14-16-10-13(9-15)17-14/h5-8,10H,2,9,15H2,1H3. The minimum absolute atomic E-state index is 0.553. The Morgan fingerprint density at radius 3 is 2.65 bits per heavy atom. The van der Waals surface area contributed by atoms with Gasteiger partial charge < -0.3 is 5.73 Å². The number of aromatic nitrogens is 1. The molecule has 0 unspecified atom stereocenters. The zero-order valence-electron chi connectivity index (χ0n) is 9.73. The number of hydrogen-bond donors (Lipinski definition) is 1. The summed E-state index contributed by atoms with van der Waals surface area (Å²) in [6.45, 7) is 2.60. The van der Waals surface area contributed by atoms with Gasteiger partial charge in [-0.2, -0.15) is 0 Å². The monoisotopic (exact) mass is 242 g/mol. The molecule has 0 saturated carbocycles. The molecule has 2 rings (SSSR count). The summed E-state index contributed by atoms with van der Waals surface area (Å²) in [6.07, 6.45) is 2.72. The van der Waals surface area contributed by atoms with Crippen molar-refractivity contribution in [3.63, 3.8) is 0 Å². The summed E-state index contributed by atoms with van der Waals surface area (Å²) < 4.78 is 0. The van der Waals surface area contributed by atoms with Crippen LogP contribution in [0, 0.1) is 11.8 Å². The number of nitrogens with two attached hydrogens (primary N) is 1. The fraction of sp³-hybridized carbons (Fsp3) is 0.214. The summed E-state index contributed by atoms with van der Waals surface area (Å²) in [6, 6.07) is 8.17. The molecule has 2 aromatic rings. The highest BCUT2D eigenvalue weighted by Crippen LogP contribution is 2.24. The molecule has 0 radical (unpaired) electrons. The van der Waals surface area contributed by atoms with E-state index in [0.717, 1.165) is 27.4 Å². The highest BCUT2D eigenvalue weighted by molar-refractivity contribution is 7.15. The van der Waals surface area contributed by atoms with Crippen LogP contribution in [0.5, 0.6) is 0 Å². The smallest absolute Gasteiger partial charge is 0.123 e. The van der Waals surface area contributed by atoms with Gasteiger partial charge in [0.15, 0.2) is 0 Å². The Bertz CT molecular complexity index is 544. The second-order valence-corrected chi connectivity index (χ2v) is 4.68. The van der Waals surface area contributed by atoms with E-state index in [0.29, 0.717) is 6.54 Å². The lowest BCUT2D eigenvalue weighted by atomic mass is 10.1. The van der Waals surface area contributed by atoms with Crippen LogP contribution in [-0.2, 0) is 6.54 Å². The van der Waals surface area contributed by atoms with Crippen molar-refractivity contribution in [3.05, 3.63) is 40.9 Å². The molecule has 0 atom stereocenters. The van der Waals surface area contributed by atoms with Gasteiger partial charge in [-0.3, -0.25) is 0 Å². The normalized spacial score (nSPS) is 9.76. The fourth-order valence-corrected chi connectivity index (χ4v) is 2.22. The Labute approximate surface area is 106 Å². The van der Waals surface area contributed by atoms with Gasteiger partial charge in [0.2, 0.25) is 0 Å². The summed E-state index contributed by atoms with van der Waals surface area (Å²) in [5.74, 6) is 6.16. The molecule has 0 aliphatic heterocycles. The topological polar surface area (TPSA) is 38.9 Å². The second-order valence-electron chi connectivity index (χ2n) is 3.57. The summed E-state index contributed by atoms with van der Waals surface area (Å²) in [5.41, 5.74) is 7.74. The Kier molecular flexibility index (Phi) is 3.92. The lowest BCUT2D eigenvalue weighted by Gasteiger charge is -1.96. The molecule has 0 saturated heterocycles. The molecule has 2 N–H and O–H groups in total. The molecule has 0 bridgehead atoms. The first-order valence-electron chi connectivity index (χ1n) is 5.57. The van der Waals surface area contributed by atoms with E-state index < -0.39 is 0 Å². The van der Waals surface area contributed by atoms with Gasteiger partial charge in [0.1, 0.15) is 5.01 Å². The van der Waals surface area contributed by atoms with Gasteiger partial charge >= 0.3 is 0 Å². The quantitative estimate of drug-likeness (QED) is 0.822. The van der Waals surface area contributed by atoms with E-state index in [1.54, 1.807) is 11.3 Å². The summed E-state index contributed by atoms with van der Waals surface area (Å²) in [4.78, 5) is 5.46. The molecular weight excluding hydrogens is 228 g/mol. The van der Waals surface area contributed by atoms with E-state index in [1.807, 2.05) is 25.3 Å². The Balaban J connectivity index is 2.22. The maximum atomic E-state index is 5.57. The summed E-state index contributed by atoms with van der Waals surface area (Å²) in [7, 11) is 0. The maximum Gasteiger partial charge on any atom is 0.123 e. The first kappa shape index (κ1) is 11.8. The highest BCUT2D eigenvalue weighted by Gasteiger charge is 2.03. The van der Waals surface area contributed by atoms with E-state index in [1.165, 1.54) is 0 Å².